The Labute approximate surface area is 160 Å². The summed E-state index contributed by atoms with van der Waals surface area (Å²) in [6, 6.07) is 8.15. The van der Waals surface area contributed by atoms with Crippen molar-refractivity contribution >= 4 is 0 Å². The van der Waals surface area contributed by atoms with Gasteiger partial charge in [0.1, 0.15) is 17.6 Å². The molecule has 3 heterocycles. The summed E-state index contributed by atoms with van der Waals surface area (Å²) in [4.78, 5) is 6.54. The molecule has 0 amide bonds. The van der Waals surface area contributed by atoms with E-state index in [4.69, 9.17) is 9.47 Å². The maximum atomic E-state index is 11.0. The fourth-order valence-electron chi connectivity index (χ4n) is 4.14. The van der Waals surface area contributed by atoms with Gasteiger partial charge in [0.15, 0.2) is 0 Å². The minimum absolute atomic E-state index is 0.231. The third-order valence-corrected chi connectivity index (χ3v) is 5.66. The summed E-state index contributed by atoms with van der Waals surface area (Å²) < 4.78 is 11.8. The zero-order valence-corrected chi connectivity index (χ0v) is 16.1. The second-order valence-corrected chi connectivity index (χ2v) is 7.68. The highest BCUT2D eigenvalue weighted by molar-refractivity contribution is 5.48. The van der Waals surface area contributed by atoms with Gasteiger partial charge in [-0.05, 0) is 44.9 Å². The number of pyridine rings is 1. The summed E-state index contributed by atoms with van der Waals surface area (Å²) in [5.41, 5.74) is 2.54. The lowest BCUT2D eigenvalue weighted by Gasteiger charge is -2.38. The molecule has 0 bridgehead atoms. The van der Waals surface area contributed by atoms with Gasteiger partial charge in [0.05, 0.1) is 12.2 Å². The standard InChI is InChI=1S/C22H28N2O3/c1-3-26-20-12-17-11-16(2)27-21(17)13-18(20)15-24-9-6-22(25,7-10-24)19-5-4-8-23-14-19/h4-5,8,12-14,16,25H,3,6-7,9-11,15H2,1-2H3/t16-/m0/s1. The van der Waals surface area contributed by atoms with Crippen LogP contribution in [-0.4, -0.2) is 40.8 Å². The predicted octanol–water partition coefficient (Wildman–Crippen LogP) is 3.29. The highest BCUT2D eigenvalue weighted by Gasteiger charge is 2.34. The molecule has 2 aliphatic heterocycles. The highest BCUT2D eigenvalue weighted by atomic mass is 16.5. The number of hydrogen-bond acceptors (Lipinski definition) is 5. The van der Waals surface area contributed by atoms with E-state index in [1.54, 1.807) is 12.4 Å². The first-order valence-electron chi connectivity index (χ1n) is 9.88. The average molecular weight is 368 g/mol. The first-order chi connectivity index (χ1) is 13.1. The summed E-state index contributed by atoms with van der Waals surface area (Å²) in [6.07, 6.45) is 6.12. The Hall–Kier alpha value is -2.11. The molecule has 27 heavy (non-hydrogen) atoms. The summed E-state index contributed by atoms with van der Waals surface area (Å²) in [7, 11) is 0. The fourth-order valence-corrected chi connectivity index (χ4v) is 4.14. The molecule has 1 atom stereocenters. The van der Waals surface area contributed by atoms with Crippen LogP contribution >= 0.6 is 0 Å². The third-order valence-electron chi connectivity index (χ3n) is 5.66. The molecule has 0 aliphatic carbocycles. The zero-order valence-electron chi connectivity index (χ0n) is 16.1. The monoisotopic (exact) mass is 368 g/mol. The molecule has 0 unspecified atom stereocenters. The quantitative estimate of drug-likeness (QED) is 0.878. The molecule has 1 aromatic heterocycles. The van der Waals surface area contributed by atoms with Crippen LogP contribution in [0.3, 0.4) is 0 Å². The van der Waals surface area contributed by atoms with Crippen LogP contribution in [0.4, 0.5) is 0 Å². The van der Waals surface area contributed by atoms with Crippen LogP contribution in [0.5, 0.6) is 11.5 Å². The first-order valence-corrected chi connectivity index (χ1v) is 9.88. The Morgan fingerprint density at radius 2 is 2.15 bits per heavy atom. The molecule has 2 aliphatic rings. The van der Waals surface area contributed by atoms with Crippen molar-refractivity contribution < 1.29 is 14.6 Å². The van der Waals surface area contributed by atoms with Crippen molar-refractivity contribution in [2.75, 3.05) is 19.7 Å². The highest BCUT2D eigenvalue weighted by Crippen LogP contribution is 2.37. The van der Waals surface area contributed by atoms with E-state index in [9.17, 15) is 5.11 Å². The number of aliphatic hydroxyl groups is 1. The number of piperidine rings is 1. The van der Waals surface area contributed by atoms with Crippen LogP contribution < -0.4 is 9.47 Å². The maximum Gasteiger partial charge on any atom is 0.124 e. The smallest absolute Gasteiger partial charge is 0.124 e. The van der Waals surface area contributed by atoms with Gasteiger partial charge in [-0.1, -0.05) is 6.07 Å². The lowest BCUT2D eigenvalue weighted by atomic mass is 9.85. The number of hydrogen-bond donors (Lipinski definition) is 1. The van der Waals surface area contributed by atoms with E-state index in [0.29, 0.717) is 19.4 Å². The van der Waals surface area contributed by atoms with Crippen molar-refractivity contribution in [3.8, 4) is 11.5 Å². The third kappa shape index (κ3) is 3.80. The maximum absolute atomic E-state index is 11.0. The summed E-state index contributed by atoms with van der Waals surface area (Å²) >= 11 is 0. The molecule has 0 spiro atoms. The molecule has 144 valence electrons. The van der Waals surface area contributed by atoms with Crippen LogP contribution in [0.2, 0.25) is 0 Å². The van der Waals surface area contributed by atoms with E-state index in [1.165, 1.54) is 5.56 Å². The minimum Gasteiger partial charge on any atom is -0.494 e. The van der Waals surface area contributed by atoms with Gasteiger partial charge >= 0.3 is 0 Å². The van der Waals surface area contributed by atoms with E-state index >= 15 is 0 Å². The predicted molar refractivity (Wildman–Crippen MR) is 104 cm³/mol. The van der Waals surface area contributed by atoms with Gasteiger partial charge in [0.25, 0.3) is 0 Å². The molecule has 5 nitrogen and oxygen atoms in total. The molecule has 1 N–H and O–H groups in total. The topological polar surface area (TPSA) is 54.8 Å². The van der Waals surface area contributed by atoms with E-state index in [1.807, 2.05) is 19.1 Å². The van der Waals surface area contributed by atoms with Crippen molar-refractivity contribution in [1.29, 1.82) is 0 Å². The summed E-state index contributed by atoms with van der Waals surface area (Å²) in [6.45, 7) is 7.26. The Morgan fingerprint density at radius 3 is 2.85 bits per heavy atom. The molecule has 0 saturated carbocycles. The largest absolute Gasteiger partial charge is 0.494 e. The Bertz CT molecular complexity index is 786. The number of rotatable bonds is 5. The molecule has 4 rings (SSSR count). The van der Waals surface area contributed by atoms with E-state index < -0.39 is 5.60 Å². The molecule has 5 heteroatoms. The average Bonchev–Trinajstić information content (AvgIpc) is 3.04. The molecule has 2 aromatic rings. The lowest BCUT2D eigenvalue weighted by molar-refractivity contribution is -0.0281. The number of ether oxygens (including phenoxy) is 2. The second kappa shape index (κ2) is 7.49. The van der Waals surface area contributed by atoms with Gasteiger partial charge in [-0.3, -0.25) is 9.88 Å². The van der Waals surface area contributed by atoms with Gasteiger partial charge in [-0.15, -0.1) is 0 Å². The molecule has 1 aromatic carbocycles. The van der Waals surface area contributed by atoms with Crippen LogP contribution in [0.15, 0.2) is 36.7 Å². The van der Waals surface area contributed by atoms with Crippen LogP contribution in [0, 0.1) is 0 Å². The molecular weight excluding hydrogens is 340 g/mol. The second-order valence-electron chi connectivity index (χ2n) is 7.68. The Balaban J connectivity index is 1.47. The summed E-state index contributed by atoms with van der Waals surface area (Å²) in [5, 5.41) is 11.0. The zero-order chi connectivity index (χ0) is 18.9. The number of likely N-dealkylation sites (tertiary alicyclic amines) is 1. The van der Waals surface area contributed by atoms with E-state index in [-0.39, 0.29) is 6.10 Å². The normalized spacial score (nSPS) is 21.5. The van der Waals surface area contributed by atoms with Gasteiger partial charge in [-0.25, -0.2) is 0 Å². The van der Waals surface area contributed by atoms with Crippen molar-refractivity contribution in [2.24, 2.45) is 0 Å². The molecular formula is C22H28N2O3. The van der Waals surface area contributed by atoms with E-state index in [0.717, 1.165) is 48.7 Å². The molecule has 1 fully saturated rings. The minimum atomic E-state index is -0.774. The number of benzene rings is 1. The van der Waals surface area contributed by atoms with Gasteiger partial charge < -0.3 is 14.6 Å². The van der Waals surface area contributed by atoms with Crippen LogP contribution in [-0.2, 0) is 18.6 Å². The van der Waals surface area contributed by atoms with Gasteiger partial charge in [-0.2, -0.15) is 0 Å². The summed E-state index contributed by atoms with van der Waals surface area (Å²) in [5.74, 6) is 1.95. The molecule has 1 saturated heterocycles. The van der Waals surface area contributed by atoms with Crippen molar-refractivity contribution in [2.45, 2.75) is 51.4 Å². The van der Waals surface area contributed by atoms with Crippen LogP contribution in [0.25, 0.3) is 0 Å². The van der Waals surface area contributed by atoms with Crippen LogP contribution in [0.1, 0.15) is 43.4 Å². The van der Waals surface area contributed by atoms with Crippen molar-refractivity contribution in [3.05, 3.63) is 53.3 Å². The number of aromatic nitrogens is 1. The van der Waals surface area contributed by atoms with Crippen molar-refractivity contribution in [1.82, 2.24) is 9.88 Å². The Kier molecular flexibility index (Phi) is 5.06. The molecule has 0 radical (unpaired) electrons. The number of nitrogens with zero attached hydrogens (tertiary/aromatic N) is 2. The van der Waals surface area contributed by atoms with Crippen molar-refractivity contribution in [3.63, 3.8) is 0 Å². The van der Waals surface area contributed by atoms with E-state index in [2.05, 4.69) is 28.9 Å². The Morgan fingerprint density at radius 1 is 1.33 bits per heavy atom. The van der Waals surface area contributed by atoms with Gasteiger partial charge in [0, 0.05) is 55.1 Å². The lowest BCUT2D eigenvalue weighted by Crippen LogP contribution is -2.42. The fraction of sp³-hybridized carbons (Fsp3) is 0.500. The van der Waals surface area contributed by atoms with Gasteiger partial charge in [0.2, 0.25) is 0 Å². The first kappa shape index (κ1) is 18.3. The number of fused-ring (bicyclic) bond motifs is 1. The SMILES string of the molecule is CCOc1cc2c(cc1CN1CCC(O)(c3cccnc3)CC1)O[C@@H](C)C2.